The summed E-state index contributed by atoms with van der Waals surface area (Å²) in [5.41, 5.74) is 3.69. The van der Waals surface area contributed by atoms with Gasteiger partial charge in [0.15, 0.2) is 6.61 Å². The maximum atomic E-state index is 11.6. The van der Waals surface area contributed by atoms with Crippen LogP contribution in [-0.4, -0.2) is 28.9 Å². The molecule has 2 aromatic rings. The SMILES string of the molecule is CCCCC(C)=Nn1c(-c2ccc3c(c2)NC(=O)CO3)csc1=NC(C)C. The number of anilines is 1. The lowest BCUT2D eigenvalue weighted by Crippen LogP contribution is -2.25. The number of aromatic nitrogens is 1. The molecule has 0 aliphatic carbocycles. The van der Waals surface area contributed by atoms with Crippen LogP contribution in [0.4, 0.5) is 5.69 Å². The van der Waals surface area contributed by atoms with Gasteiger partial charge in [-0.1, -0.05) is 13.3 Å². The molecule has 3 rings (SSSR count). The lowest BCUT2D eigenvalue weighted by molar-refractivity contribution is -0.118. The summed E-state index contributed by atoms with van der Waals surface area (Å²) >= 11 is 1.57. The Bertz CT molecular complexity index is 924. The summed E-state index contributed by atoms with van der Waals surface area (Å²) in [6.07, 6.45) is 3.23. The molecule has 0 fully saturated rings. The van der Waals surface area contributed by atoms with Crippen LogP contribution >= 0.6 is 11.3 Å². The second kappa shape index (κ2) is 8.52. The molecule has 1 aromatic heterocycles. The molecule has 6 nitrogen and oxygen atoms in total. The van der Waals surface area contributed by atoms with E-state index in [-0.39, 0.29) is 18.6 Å². The third-order valence-corrected chi connectivity index (χ3v) is 4.96. The quantitative estimate of drug-likeness (QED) is 0.753. The molecule has 1 aliphatic heterocycles. The van der Waals surface area contributed by atoms with Crippen LogP contribution in [0, 0.1) is 0 Å². The highest BCUT2D eigenvalue weighted by atomic mass is 32.1. The fourth-order valence-corrected chi connectivity index (χ4v) is 3.76. The Kier molecular flexibility index (Phi) is 6.11. The first kappa shape index (κ1) is 19.4. The van der Waals surface area contributed by atoms with Crippen LogP contribution in [0.3, 0.4) is 0 Å². The summed E-state index contributed by atoms with van der Waals surface area (Å²) in [5, 5.41) is 9.77. The number of thiazole rings is 1. The van der Waals surface area contributed by atoms with E-state index in [0.717, 1.165) is 41.0 Å². The number of amides is 1. The lowest BCUT2D eigenvalue weighted by atomic mass is 10.1. The average molecular weight is 387 g/mol. The second-order valence-corrected chi connectivity index (χ2v) is 7.76. The first-order valence-electron chi connectivity index (χ1n) is 9.33. The van der Waals surface area contributed by atoms with Crippen LogP contribution in [0.2, 0.25) is 0 Å². The van der Waals surface area contributed by atoms with Crippen molar-refractivity contribution in [1.82, 2.24) is 4.68 Å². The smallest absolute Gasteiger partial charge is 0.262 e. The van der Waals surface area contributed by atoms with Gasteiger partial charge in [-0.25, -0.2) is 4.68 Å². The maximum Gasteiger partial charge on any atom is 0.262 e. The topological polar surface area (TPSA) is 68.0 Å². The van der Waals surface area contributed by atoms with Crippen LogP contribution < -0.4 is 14.9 Å². The maximum absolute atomic E-state index is 11.6. The van der Waals surface area contributed by atoms with E-state index in [2.05, 4.69) is 38.4 Å². The van der Waals surface area contributed by atoms with Gasteiger partial charge in [-0.15, -0.1) is 11.3 Å². The van der Waals surface area contributed by atoms with E-state index in [1.807, 2.05) is 22.9 Å². The number of carbonyl (C=O) groups excluding carboxylic acids is 1. The van der Waals surface area contributed by atoms with Gasteiger partial charge >= 0.3 is 0 Å². The molecule has 0 bridgehead atoms. The van der Waals surface area contributed by atoms with Gasteiger partial charge in [0.25, 0.3) is 5.91 Å². The van der Waals surface area contributed by atoms with Crippen molar-refractivity contribution in [3.8, 4) is 17.0 Å². The molecule has 1 N–H and O–H groups in total. The zero-order chi connectivity index (χ0) is 19.4. The molecule has 0 radical (unpaired) electrons. The largest absolute Gasteiger partial charge is 0.482 e. The van der Waals surface area contributed by atoms with Gasteiger partial charge in [-0.3, -0.25) is 9.79 Å². The van der Waals surface area contributed by atoms with E-state index >= 15 is 0 Å². The molecule has 7 heteroatoms. The summed E-state index contributed by atoms with van der Waals surface area (Å²) in [4.78, 5) is 17.2. The highest BCUT2D eigenvalue weighted by Crippen LogP contribution is 2.32. The van der Waals surface area contributed by atoms with Gasteiger partial charge in [-0.05, 0) is 51.8 Å². The summed E-state index contributed by atoms with van der Waals surface area (Å²) in [7, 11) is 0. The molecule has 0 spiro atoms. The minimum absolute atomic E-state index is 0.0587. The van der Waals surface area contributed by atoms with Gasteiger partial charge < -0.3 is 10.1 Å². The number of carbonyl (C=O) groups is 1. The van der Waals surface area contributed by atoms with Crippen LogP contribution in [0.1, 0.15) is 47.0 Å². The molecular weight excluding hydrogens is 360 g/mol. The summed E-state index contributed by atoms with van der Waals surface area (Å²) in [6, 6.07) is 6.00. The Morgan fingerprint density at radius 1 is 1.41 bits per heavy atom. The predicted molar refractivity (Wildman–Crippen MR) is 111 cm³/mol. The summed E-state index contributed by atoms with van der Waals surface area (Å²) < 4.78 is 7.38. The number of nitrogens with one attached hydrogen (secondary N) is 1. The van der Waals surface area contributed by atoms with Crippen molar-refractivity contribution in [2.24, 2.45) is 10.1 Å². The van der Waals surface area contributed by atoms with Crippen LogP contribution in [0.15, 0.2) is 33.7 Å². The Morgan fingerprint density at radius 3 is 2.96 bits per heavy atom. The molecule has 0 saturated carbocycles. The number of hydrogen-bond acceptors (Lipinski definition) is 5. The summed E-state index contributed by atoms with van der Waals surface area (Å²) in [5.74, 6) is 0.552. The number of rotatable bonds is 6. The van der Waals surface area contributed by atoms with Crippen molar-refractivity contribution in [1.29, 1.82) is 0 Å². The fourth-order valence-electron chi connectivity index (χ4n) is 2.80. The third kappa shape index (κ3) is 4.66. The molecule has 27 heavy (non-hydrogen) atoms. The number of fused-ring (bicyclic) bond motifs is 1. The van der Waals surface area contributed by atoms with Gasteiger partial charge in [0, 0.05) is 22.7 Å². The second-order valence-electron chi connectivity index (χ2n) is 6.92. The van der Waals surface area contributed by atoms with E-state index in [4.69, 9.17) is 14.8 Å². The molecule has 1 aromatic carbocycles. The van der Waals surface area contributed by atoms with E-state index in [0.29, 0.717) is 11.4 Å². The lowest BCUT2D eigenvalue weighted by Gasteiger charge is -2.18. The van der Waals surface area contributed by atoms with Crippen LogP contribution in [0.25, 0.3) is 11.3 Å². The zero-order valence-electron chi connectivity index (χ0n) is 16.3. The van der Waals surface area contributed by atoms with Crippen LogP contribution in [-0.2, 0) is 4.79 Å². The van der Waals surface area contributed by atoms with Crippen molar-refractivity contribution in [3.63, 3.8) is 0 Å². The van der Waals surface area contributed by atoms with Gasteiger partial charge in [0.2, 0.25) is 4.80 Å². The molecule has 1 aliphatic rings. The highest BCUT2D eigenvalue weighted by molar-refractivity contribution is 7.07. The zero-order valence-corrected chi connectivity index (χ0v) is 17.1. The first-order chi connectivity index (χ1) is 13.0. The minimum atomic E-state index is -0.137. The van der Waals surface area contributed by atoms with Gasteiger partial charge in [-0.2, -0.15) is 5.10 Å². The number of benzene rings is 1. The standard InChI is InChI=1S/C20H26N4O2S/c1-5-6-7-14(4)23-24-17(12-27-20(24)21-13(2)3)15-8-9-18-16(10-15)22-19(25)11-26-18/h8-10,12-13H,5-7,11H2,1-4H3,(H,22,25). The Labute approximate surface area is 163 Å². The number of hydrogen-bond donors (Lipinski definition) is 1. The molecule has 0 unspecified atom stereocenters. The van der Waals surface area contributed by atoms with E-state index < -0.39 is 0 Å². The Balaban J connectivity index is 2.07. The Morgan fingerprint density at radius 2 is 2.22 bits per heavy atom. The van der Waals surface area contributed by atoms with E-state index in [9.17, 15) is 4.79 Å². The molecule has 0 saturated heterocycles. The average Bonchev–Trinajstić information content (AvgIpc) is 3.01. The van der Waals surface area contributed by atoms with Crippen LogP contribution in [0.5, 0.6) is 5.75 Å². The summed E-state index contributed by atoms with van der Waals surface area (Å²) in [6.45, 7) is 8.42. The molecule has 0 atom stereocenters. The van der Waals surface area contributed by atoms with E-state index in [1.165, 1.54) is 0 Å². The predicted octanol–water partition coefficient (Wildman–Crippen LogP) is 4.27. The number of ether oxygens (including phenoxy) is 1. The fraction of sp³-hybridized carbons (Fsp3) is 0.450. The molecule has 2 heterocycles. The highest BCUT2D eigenvalue weighted by Gasteiger charge is 2.18. The molecule has 1 amide bonds. The van der Waals surface area contributed by atoms with Gasteiger partial charge in [0.05, 0.1) is 11.4 Å². The van der Waals surface area contributed by atoms with E-state index in [1.54, 1.807) is 11.3 Å². The normalized spacial score (nSPS) is 14.9. The van der Waals surface area contributed by atoms with Crippen molar-refractivity contribution >= 4 is 28.6 Å². The third-order valence-electron chi connectivity index (χ3n) is 4.13. The van der Waals surface area contributed by atoms with Gasteiger partial charge in [0.1, 0.15) is 5.75 Å². The monoisotopic (exact) mass is 386 g/mol. The Hall–Kier alpha value is -2.41. The molecule has 144 valence electrons. The van der Waals surface area contributed by atoms with Crippen molar-refractivity contribution < 1.29 is 9.53 Å². The van der Waals surface area contributed by atoms with Crippen molar-refractivity contribution in [3.05, 3.63) is 28.4 Å². The number of nitrogens with zero attached hydrogens (tertiary/aromatic N) is 3. The van der Waals surface area contributed by atoms with Crippen molar-refractivity contribution in [2.75, 3.05) is 11.9 Å². The first-order valence-corrected chi connectivity index (χ1v) is 10.2. The molecular formula is C20H26N4O2S. The number of unbranched alkanes of at least 4 members (excludes halogenated alkanes) is 1. The minimum Gasteiger partial charge on any atom is -0.482 e. The van der Waals surface area contributed by atoms with Crippen molar-refractivity contribution in [2.45, 2.75) is 53.0 Å².